The van der Waals surface area contributed by atoms with E-state index < -0.39 is 0 Å². The van der Waals surface area contributed by atoms with Crippen molar-refractivity contribution in [2.75, 3.05) is 6.54 Å². The van der Waals surface area contributed by atoms with Crippen molar-refractivity contribution < 1.29 is 4.79 Å². The van der Waals surface area contributed by atoms with Gasteiger partial charge in [0.2, 0.25) is 0 Å². The fourth-order valence-corrected chi connectivity index (χ4v) is 4.94. The summed E-state index contributed by atoms with van der Waals surface area (Å²) < 4.78 is 2.55. The van der Waals surface area contributed by atoms with Crippen LogP contribution in [0.15, 0.2) is 72.9 Å². The fourth-order valence-electron chi connectivity index (χ4n) is 2.38. The van der Waals surface area contributed by atoms with Crippen molar-refractivity contribution in [3.8, 4) is 0 Å². The molecule has 0 fully saturated rings. The molecular weight excluding hydrogens is 399 g/mol. The molecule has 0 aliphatic rings. The number of halogens is 1. The fraction of sp³-hybridized carbons (Fsp3) is 0.100. The minimum atomic E-state index is -0.164. The molecule has 25 heavy (non-hydrogen) atoms. The first-order valence-corrected chi connectivity index (χ1v) is 10.0. The molecule has 0 radical (unpaired) electrons. The van der Waals surface area contributed by atoms with Crippen LogP contribution in [0, 0.1) is 0 Å². The van der Waals surface area contributed by atoms with Gasteiger partial charge in [0.1, 0.15) is 0 Å². The molecule has 1 N–H and O–H groups in total. The quantitative estimate of drug-likeness (QED) is 0.628. The Hall–Kier alpha value is -2.13. The minimum absolute atomic E-state index is 0.164. The van der Waals surface area contributed by atoms with Gasteiger partial charge in [-0.3, -0.25) is 0 Å². The van der Waals surface area contributed by atoms with Gasteiger partial charge in [0.25, 0.3) is 0 Å². The van der Waals surface area contributed by atoms with Gasteiger partial charge < -0.3 is 0 Å². The number of nitrogens with one attached hydrogen (secondary N) is 1. The van der Waals surface area contributed by atoms with Crippen molar-refractivity contribution in [1.82, 2.24) is 10.3 Å². The van der Waals surface area contributed by atoms with Crippen LogP contribution in [0.1, 0.15) is 16.1 Å². The van der Waals surface area contributed by atoms with Crippen LogP contribution in [-0.2, 0) is 6.42 Å². The topological polar surface area (TPSA) is 42.0 Å². The van der Waals surface area contributed by atoms with Crippen LogP contribution >= 0.6 is 11.6 Å². The van der Waals surface area contributed by atoms with Gasteiger partial charge in [-0.25, -0.2) is 0 Å². The van der Waals surface area contributed by atoms with E-state index in [0.717, 1.165) is 10.6 Å². The van der Waals surface area contributed by atoms with Crippen LogP contribution in [0.25, 0.3) is 0 Å². The maximum atomic E-state index is 12.1. The first-order valence-electron chi connectivity index (χ1n) is 7.93. The molecule has 0 atom stereocenters. The average molecular weight is 416 g/mol. The summed E-state index contributed by atoms with van der Waals surface area (Å²) in [6.07, 6.45) is 2.31. The van der Waals surface area contributed by atoms with Crippen LogP contribution < -0.4 is 14.2 Å². The van der Waals surface area contributed by atoms with Crippen molar-refractivity contribution >= 4 is 41.4 Å². The summed E-state index contributed by atoms with van der Waals surface area (Å²) in [5, 5.41) is 3.66. The van der Waals surface area contributed by atoms with Gasteiger partial charge in [-0.1, -0.05) is 0 Å². The summed E-state index contributed by atoms with van der Waals surface area (Å²) in [5.41, 5.74) is 1.53. The van der Waals surface area contributed by atoms with Gasteiger partial charge in [0.15, 0.2) is 0 Å². The van der Waals surface area contributed by atoms with E-state index in [1.807, 2.05) is 30.3 Å². The van der Waals surface area contributed by atoms with Crippen LogP contribution in [0.5, 0.6) is 0 Å². The normalized spacial score (nSPS) is 10.4. The molecule has 2 aromatic carbocycles. The van der Waals surface area contributed by atoms with E-state index in [9.17, 15) is 4.79 Å². The van der Waals surface area contributed by atoms with Crippen molar-refractivity contribution in [1.29, 1.82) is 0 Å². The Morgan fingerprint density at radius 3 is 2.56 bits per heavy atom. The number of amides is 1. The standard InChI is InChI=1S/C20H17ClN2OSe/c21-17-9-6-11-19(25-15-7-2-1-3-8-15)16(17)12-14-23-20(24)18-10-4-5-13-22-18/h1-11,13H,12,14H2,(H,23,24). The van der Waals surface area contributed by atoms with E-state index in [2.05, 4.69) is 28.5 Å². The molecule has 1 heterocycles. The van der Waals surface area contributed by atoms with Gasteiger partial charge in [-0.05, 0) is 0 Å². The van der Waals surface area contributed by atoms with Gasteiger partial charge in [-0.2, -0.15) is 0 Å². The zero-order valence-corrected chi connectivity index (χ0v) is 16.0. The predicted octanol–water partition coefficient (Wildman–Crippen LogP) is 2.36. The van der Waals surface area contributed by atoms with E-state index in [0.29, 0.717) is 18.7 Å². The second kappa shape index (κ2) is 8.82. The molecule has 0 saturated carbocycles. The third kappa shape index (κ3) is 4.93. The number of hydrogen-bond donors (Lipinski definition) is 1. The monoisotopic (exact) mass is 416 g/mol. The molecule has 0 bridgehead atoms. The summed E-state index contributed by atoms with van der Waals surface area (Å²) >= 11 is 6.60. The number of carbonyl (C=O) groups is 1. The zero-order chi connectivity index (χ0) is 17.5. The molecule has 3 nitrogen and oxygen atoms in total. The number of aromatic nitrogens is 1. The molecule has 1 amide bonds. The van der Waals surface area contributed by atoms with Crippen molar-refractivity contribution in [3.63, 3.8) is 0 Å². The summed E-state index contributed by atoms with van der Waals surface area (Å²) in [6.45, 7) is 0.525. The number of pyridine rings is 1. The molecule has 0 spiro atoms. The molecule has 0 aliphatic heterocycles. The Kier molecular flexibility index (Phi) is 6.24. The van der Waals surface area contributed by atoms with E-state index in [1.165, 1.54) is 8.92 Å². The van der Waals surface area contributed by atoms with E-state index >= 15 is 0 Å². The zero-order valence-electron chi connectivity index (χ0n) is 13.5. The Balaban J connectivity index is 1.67. The summed E-state index contributed by atoms with van der Waals surface area (Å²) in [7, 11) is 0. The molecule has 0 unspecified atom stereocenters. The number of benzene rings is 2. The molecule has 3 rings (SSSR count). The van der Waals surface area contributed by atoms with Gasteiger partial charge in [0.05, 0.1) is 0 Å². The first kappa shape index (κ1) is 17.7. The second-order valence-electron chi connectivity index (χ2n) is 5.35. The third-order valence-corrected chi connectivity index (χ3v) is 6.29. The van der Waals surface area contributed by atoms with Crippen molar-refractivity contribution in [2.45, 2.75) is 6.42 Å². The molecule has 1 aromatic heterocycles. The van der Waals surface area contributed by atoms with E-state index in [4.69, 9.17) is 11.6 Å². The third-order valence-electron chi connectivity index (χ3n) is 3.60. The van der Waals surface area contributed by atoms with E-state index in [-0.39, 0.29) is 20.9 Å². The Labute approximate surface area is 158 Å². The van der Waals surface area contributed by atoms with Gasteiger partial charge in [0, 0.05) is 0 Å². The molecular formula is C20H17ClN2OSe. The summed E-state index contributed by atoms with van der Waals surface area (Å²) in [5.74, 6) is -0.164. The van der Waals surface area contributed by atoms with E-state index in [1.54, 1.807) is 24.4 Å². The molecule has 5 heteroatoms. The number of rotatable bonds is 6. The molecule has 3 aromatic rings. The molecule has 0 aliphatic carbocycles. The van der Waals surface area contributed by atoms with Crippen molar-refractivity contribution in [2.24, 2.45) is 0 Å². The number of carbonyl (C=O) groups excluding carboxylic acids is 1. The molecule has 0 saturated heterocycles. The van der Waals surface area contributed by atoms with Crippen molar-refractivity contribution in [3.05, 3.63) is 89.2 Å². The van der Waals surface area contributed by atoms with Gasteiger partial charge in [-0.15, -0.1) is 0 Å². The Bertz CT molecular complexity index is 841. The first-order chi connectivity index (χ1) is 12.2. The Morgan fingerprint density at radius 1 is 1.00 bits per heavy atom. The number of nitrogens with zero attached hydrogens (tertiary/aromatic N) is 1. The van der Waals surface area contributed by atoms with Crippen LogP contribution in [0.4, 0.5) is 0 Å². The second-order valence-corrected chi connectivity index (χ2v) is 8.10. The summed E-state index contributed by atoms with van der Waals surface area (Å²) in [4.78, 5) is 16.2. The SMILES string of the molecule is O=C(NCCc1c(Cl)cccc1[Se]c1ccccc1)c1ccccn1. The van der Waals surface area contributed by atoms with Crippen LogP contribution in [-0.4, -0.2) is 32.4 Å². The average Bonchev–Trinajstić information content (AvgIpc) is 2.65. The summed E-state index contributed by atoms with van der Waals surface area (Å²) in [6, 6.07) is 21.7. The number of hydrogen-bond acceptors (Lipinski definition) is 2. The van der Waals surface area contributed by atoms with Crippen LogP contribution in [0.2, 0.25) is 5.02 Å². The maximum absolute atomic E-state index is 12.1. The molecule has 126 valence electrons. The Morgan fingerprint density at radius 2 is 1.80 bits per heavy atom. The van der Waals surface area contributed by atoms with Crippen LogP contribution in [0.3, 0.4) is 0 Å². The van der Waals surface area contributed by atoms with Gasteiger partial charge >= 0.3 is 159 Å². The predicted molar refractivity (Wildman–Crippen MR) is 103 cm³/mol.